The largest absolute Gasteiger partial charge is 0.495 e. The molecule has 0 aliphatic heterocycles. The molecule has 1 amide bonds. The number of methoxy groups -OCH3 is 1. The van der Waals surface area contributed by atoms with Crippen molar-refractivity contribution in [3.8, 4) is 5.75 Å². The second-order valence-electron chi connectivity index (χ2n) is 5.53. The summed E-state index contributed by atoms with van der Waals surface area (Å²) >= 11 is 12.0. The molecule has 2 rings (SSSR count). The average Bonchev–Trinajstić information content (AvgIpc) is 2.64. The number of sulfonamides is 1. The van der Waals surface area contributed by atoms with Crippen molar-refractivity contribution < 1.29 is 17.9 Å². The molecule has 0 spiro atoms. The Labute approximate surface area is 169 Å². The van der Waals surface area contributed by atoms with Crippen LogP contribution in [0, 0.1) is 0 Å². The molecule has 1 N–H and O–H groups in total. The number of nitrogens with one attached hydrogen (secondary N) is 1. The Morgan fingerprint density at radius 1 is 1.11 bits per heavy atom. The summed E-state index contributed by atoms with van der Waals surface area (Å²) in [5.74, 6) is -0.350. The minimum atomic E-state index is -3.81. The van der Waals surface area contributed by atoms with E-state index in [1.54, 1.807) is 26.0 Å². The molecule has 0 bridgehead atoms. The minimum absolute atomic E-state index is 0.0708. The van der Waals surface area contributed by atoms with E-state index in [0.29, 0.717) is 28.8 Å². The highest BCUT2D eigenvalue weighted by Crippen LogP contribution is 2.29. The second-order valence-corrected chi connectivity index (χ2v) is 8.28. The Morgan fingerprint density at radius 3 is 2.37 bits per heavy atom. The number of benzene rings is 2. The van der Waals surface area contributed by atoms with Gasteiger partial charge in [0, 0.05) is 23.7 Å². The molecule has 0 fully saturated rings. The normalized spacial score (nSPS) is 11.5. The van der Waals surface area contributed by atoms with E-state index in [4.69, 9.17) is 27.9 Å². The minimum Gasteiger partial charge on any atom is -0.495 e. The Hall–Kier alpha value is -1.80. The molecule has 2 aromatic carbocycles. The van der Waals surface area contributed by atoms with Gasteiger partial charge < -0.3 is 10.1 Å². The number of hydrogen-bond donors (Lipinski definition) is 1. The molecule has 2 aromatic rings. The number of carbonyl (C=O) groups excluding carboxylic acids is 1. The SMILES string of the molecule is CCN(CC)S(=O)(=O)c1cc(C(=O)Nc2cc(Cl)ccc2Cl)ccc1OC. The summed E-state index contributed by atoms with van der Waals surface area (Å²) in [5, 5.41) is 3.36. The summed E-state index contributed by atoms with van der Waals surface area (Å²) in [6.07, 6.45) is 0. The van der Waals surface area contributed by atoms with Gasteiger partial charge in [0.2, 0.25) is 10.0 Å². The number of ether oxygens (including phenoxy) is 1. The summed E-state index contributed by atoms with van der Waals surface area (Å²) in [4.78, 5) is 12.5. The Balaban J connectivity index is 2.44. The highest BCUT2D eigenvalue weighted by molar-refractivity contribution is 7.89. The van der Waals surface area contributed by atoms with Crippen LogP contribution >= 0.6 is 23.2 Å². The monoisotopic (exact) mass is 430 g/mol. The number of hydrogen-bond acceptors (Lipinski definition) is 4. The fraction of sp³-hybridized carbons (Fsp3) is 0.278. The van der Waals surface area contributed by atoms with Gasteiger partial charge in [-0.2, -0.15) is 4.31 Å². The maximum absolute atomic E-state index is 12.9. The van der Waals surface area contributed by atoms with E-state index in [-0.39, 0.29) is 16.2 Å². The zero-order chi connectivity index (χ0) is 20.2. The molecular weight excluding hydrogens is 411 g/mol. The van der Waals surface area contributed by atoms with Crippen LogP contribution in [0.2, 0.25) is 10.0 Å². The average molecular weight is 431 g/mol. The first-order valence-corrected chi connectivity index (χ1v) is 10.4. The smallest absolute Gasteiger partial charge is 0.255 e. The van der Waals surface area contributed by atoms with Crippen LogP contribution in [0.25, 0.3) is 0 Å². The van der Waals surface area contributed by atoms with Gasteiger partial charge in [-0.25, -0.2) is 8.42 Å². The summed E-state index contributed by atoms with van der Waals surface area (Å²) in [5.41, 5.74) is 0.482. The van der Waals surface area contributed by atoms with Crippen LogP contribution in [0.1, 0.15) is 24.2 Å². The van der Waals surface area contributed by atoms with E-state index in [0.717, 1.165) is 0 Å². The molecule has 0 saturated carbocycles. The lowest BCUT2D eigenvalue weighted by atomic mass is 10.2. The number of amides is 1. The van der Waals surface area contributed by atoms with Gasteiger partial charge in [-0.1, -0.05) is 37.0 Å². The lowest BCUT2D eigenvalue weighted by molar-refractivity contribution is 0.102. The van der Waals surface area contributed by atoms with Crippen LogP contribution in [0.15, 0.2) is 41.3 Å². The van der Waals surface area contributed by atoms with Crippen molar-refractivity contribution in [3.05, 3.63) is 52.0 Å². The van der Waals surface area contributed by atoms with Crippen molar-refractivity contribution in [2.45, 2.75) is 18.7 Å². The Morgan fingerprint density at radius 2 is 1.78 bits per heavy atom. The number of anilines is 1. The number of nitrogens with zero attached hydrogens (tertiary/aromatic N) is 1. The molecule has 0 aliphatic carbocycles. The summed E-state index contributed by atoms with van der Waals surface area (Å²) in [6.45, 7) is 4.09. The second kappa shape index (κ2) is 8.93. The molecule has 9 heteroatoms. The van der Waals surface area contributed by atoms with E-state index >= 15 is 0 Å². The topological polar surface area (TPSA) is 75.7 Å². The van der Waals surface area contributed by atoms with Gasteiger partial charge in [0.05, 0.1) is 17.8 Å². The lowest BCUT2D eigenvalue weighted by Gasteiger charge is -2.20. The van der Waals surface area contributed by atoms with Crippen molar-refractivity contribution in [2.75, 3.05) is 25.5 Å². The zero-order valence-electron chi connectivity index (χ0n) is 15.1. The standard InChI is InChI=1S/C18H20Cl2N2O4S/c1-4-22(5-2)27(24,25)17-10-12(6-9-16(17)26-3)18(23)21-15-11-13(19)7-8-14(15)20/h6-11H,4-5H2,1-3H3,(H,21,23). The Bertz CT molecular complexity index is 944. The highest BCUT2D eigenvalue weighted by atomic mass is 35.5. The number of rotatable bonds is 7. The highest BCUT2D eigenvalue weighted by Gasteiger charge is 2.27. The first-order valence-electron chi connectivity index (χ1n) is 8.19. The predicted octanol–water partition coefficient (Wildman–Crippen LogP) is 4.28. The fourth-order valence-corrected chi connectivity index (χ4v) is 4.49. The molecule has 146 valence electrons. The van der Waals surface area contributed by atoms with Crippen LogP contribution in [0.5, 0.6) is 5.75 Å². The summed E-state index contributed by atoms with van der Waals surface area (Å²) in [7, 11) is -2.43. The van der Waals surface area contributed by atoms with Gasteiger partial charge in [0.1, 0.15) is 10.6 Å². The number of halogens is 2. The molecule has 0 aliphatic rings. The van der Waals surface area contributed by atoms with E-state index in [9.17, 15) is 13.2 Å². The third-order valence-electron chi connectivity index (χ3n) is 3.93. The van der Waals surface area contributed by atoms with Crippen molar-refractivity contribution in [3.63, 3.8) is 0 Å². The fourth-order valence-electron chi connectivity index (χ4n) is 2.51. The first kappa shape index (κ1) is 21.5. The molecule has 0 unspecified atom stereocenters. The molecule has 27 heavy (non-hydrogen) atoms. The van der Waals surface area contributed by atoms with Crippen LogP contribution in [0.3, 0.4) is 0 Å². The molecule has 6 nitrogen and oxygen atoms in total. The van der Waals surface area contributed by atoms with E-state index < -0.39 is 15.9 Å². The number of carbonyl (C=O) groups is 1. The van der Waals surface area contributed by atoms with Crippen molar-refractivity contribution in [1.82, 2.24) is 4.31 Å². The van der Waals surface area contributed by atoms with E-state index in [2.05, 4.69) is 5.32 Å². The van der Waals surface area contributed by atoms with Crippen LogP contribution in [-0.2, 0) is 10.0 Å². The Kier molecular flexibility index (Phi) is 7.11. The van der Waals surface area contributed by atoms with Gasteiger partial charge >= 0.3 is 0 Å². The first-order chi connectivity index (χ1) is 12.7. The van der Waals surface area contributed by atoms with Gasteiger partial charge in [-0.3, -0.25) is 4.79 Å². The summed E-state index contributed by atoms with van der Waals surface area (Å²) in [6, 6.07) is 8.89. The molecular formula is C18H20Cl2N2O4S. The predicted molar refractivity (Wildman–Crippen MR) is 108 cm³/mol. The van der Waals surface area contributed by atoms with Crippen LogP contribution in [-0.4, -0.2) is 38.8 Å². The van der Waals surface area contributed by atoms with Gasteiger partial charge in [-0.05, 0) is 36.4 Å². The van der Waals surface area contributed by atoms with E-state index in [1.165, 1.54) is 35.7 Å². The third-order valence-corrected chi connectivity index (χ3v) is 6.56. The lowest BCUT2D eigenvalue weighted by Crippen LogP contribution is -2.31. The molecule has 0 atom stereocenters. The van der Waals surface area contributed by atoms with Crippen molar-refractivity contribution in [2.24, 2.45) is 0 Å². The third kappa shape index (κ3) is 4.73. The maximum atomic E-state index is 12.9. The maximum Gasteiger partial charge on any atom is 0.255 e. The van der Waals surface area contributed by atoms with Gasteiger partial charge in [0.25, 0.3) is 5.91 Å². The van der Waals surface area contributed by atoms with Crippen LogP contribution in [0.4, 0.5) is 5.69 Å². The molecule has 0 radical (unpaired) electrons. The van der Waals surface area contributed by atoms with E-state index in [1.807, 2.05) is 0 Å². The zero-order valence-corrected chi connectivity index (χ0v) is 17.5. The van der Waals surface area contributed by atoms with Crippen molar-refractivity contribution >= 4 is 44.8 Å². The quantitative estimate of drug-likeness (QED) is 0.710. The van der Waals surface area contributed by atoms with Gasteiger partial charge in [-0.15, -0.1) is 0 Å². The molecule has 0 saturated heterocycles. The molecule has 0 aromatic heterocycles. The van der Waals surface area contributed by atoms with Crippen LogP contribution < -0.4 is 10.1 Å². The molecule has 0 heterocycles. The van der Waals surface area contributed by atoms with Crippen molar-refractivity contribution in [1.29, 1.82) is 0 Å². The van der Waals surface area contributed by atoms with Gasteiger partial charge in [0.15, 0.2) is 0 Å². The summed E-state index contributed by atoms with van der Waals surface area (Å²) < 4.78 is 32.2.